The summed E-state index contributed by atoms with van der Waals surface area (Å²) in [6, 6.07) is 14.5. The lowest BCUT2D eigenvalue weighted by molar-refractivity contribution is -0.271. The van der Waals surface area contributed by atoms with Crippen molar-refractivity contribution in [2.75, 3.05) is 19.8 Å². The molecule has 1 aliphatic heterocycles. The number of carboxylic acid groups (broad SMARTS) is 1. The average molecular weight is 385 g/mol. The van der Waals surface area contributed by atoms with Gasteiger partial charge in [-0.05, 0) is 48.6 Å². The summed E-state index contributed by atoms with van der Waals surface area (Å²) in [6.45, 7) is 4.74. The van der Waals surface area contributed by atoms with Crippen LogP contribution in [0.5, 0.6) is 0 Å². The second-order valence-electron chi connectivity index (χ2n) is 7.31. The highest BCUT2D eigenvalue weighted by atomic mass is 16.7. The van der Waals surface area contributed by atoms with E-state index in [2.05, 4.69) is 35.5 Å². The zero-order valence-corrected chi connectivity index (χ0v) is 16.4. The van der Waals surface area contributed by atoms with Gasteiger partial charge in [0.15, 0.2) is 0 Å². The SMILES string of the molecule is C/C(=N/OCCCCC1COC(C)(C(=O)O)OC1)c1ccc2ccccc2c1. The lowest BCUT2D eigenvalue weighted by atomic mass is 10.0. The molecule has 150 valence electrons. The fourth-order valence-electron chi connectivity index (χ4n) is 3.14. The van der Waals surface area contributed by atoms with Gasteiger partial charge in [-0.2, -0.15) is 0 Å². The van der Waals surface area contributed by atoms with E-state index >= 15 is 0 Å². The number of benzene rings is 2. The standard InChI is InChI=1S/C22H27NO5/c1-16(19-11-10-18-8-3-4-9-20(18)13-19)23-28-12-6-5-7-17-14-26-22(2,21(24)25)27-15-17/h3-4,8-11,13,17H,5-7,12,14-15H2,1-2H3,(H,24,25)/b23-16-. The van der Waals surface area contributed by atoms with Crippen molar-refractivity contribution in [3.8, 4) is 0 Å². The van der Waals surface area contributed by atoms with E-state index in [1.165, 1.54) is 17.7 Å². The first-order valence-electron chi connectivity index (χ1n) is 9.65. The van der Waals surface area contributed by atoms with Gasteiger partial charge in [-0.3, -0.25) is 0 Å². The number of ether oxygens (including phenoxy) is 2. The summed E-state index contributed by atoms with van der Waals surface area (Å²) in [5.74, 6) is -2.37. The Morgan fingerprint density at radius 1 is 1.18 bits per heavy atom. The Kier molecular flexibility index (Phi) is 6.65. The number of rotatable bonds is 8. The maximum atomic E-state index is 11.1. The third-order valence-corrected chi connectivity index (χ3v) is 5.04. The maximum Gasteiger partial charge on any atom is 0.364 e. The summed E-state index contributed by atoms with van der Waals surface area (Å²) in [5.41, 5.74) is 1.91. The van der Waals surface area contributed by atoms with Crippen molar-refractivity contribution in [1.29, 1.82) is 0 Å². The summed E-state index contributed by atoms with van der Waals surface area (Å²) < 4.78 is 10.7. The van der Waals surface area contributed by atoms with Gasteiger partial charge in [0.25, 0.3) is 5.79 Å². The van der Waals surface area contributed by atoms with Crippen LogP contribution in [0.15, 0.2) is 47.6 Å². The Hall–Kier alpha value is -2.44. The monoisotopic (exact) mass is 385 g/mol. The Bertz CT molecular complexity index is 840. The molecule has 1 aliphatic rings. The van der Waals surface area contributed by atoms with Gasteiger partial charge in [0, 0.05) is 12.8 Å². The number of oxime groups is 1. The molecule has 0 bridgehead atoms. The molecule has 6 nitrogen and oxygen atoms in total. The lowest BCUT2D eigenvalue weighted by Crippen LogP contribution is -2.47. The smallest absolute Gasteiger partial charge is 0.364 e. The van der Waals surface area contributed by atoms with Crippen LogP contribution in [0.3, 0.4) is 0 Å². The predicted octanol–water partition coefficient (Wildman–Crippen LogP) is 4.21. The van der Waals surface area contributed by atoms with E-state index in [0.717, 1.165) is 30.5 Å². The molecular weight excluding hydrogens is 358 g/mol. The quantitative estimate of drug-likeness (QED) is 0.418. The summed E-state index contributed by atoms with van der Waals surface area (Å²) in [7, 11) is 0. The van der Waals surface area contributed by atoms with Crippen molar-refractivity contribution in [3.05, 3.63) is 48.0 Å². The summed E-state index contributed by atoms with van der Waals surface area (Å²) in [5, 5.41) is 15.7. The number of aliphatic carboxylic acids is 1. The van der Waals surface area contributed by atoms with Crippen molar-refractivity contribution < 1.29 is 24.2 Å². The van der Waals surface area contributed by atoms with E-state index in [4.69, 9.17) is 19.4 Å². The Morgan fingerprint density at radius 3 is 2.61 bits per heavy atom. The van der Waals surface area contributed by atoms with Crippen molar-refractivity contribution in [1.82, 2.24) is 0 Å². The number of carboxylic acids is 1. The predicted molar refractivity (Wildman–Crippen MR) is 107 cm³/mol. The molecule has 0 aromatic heterocycles. The Balaban J connectivity index is 1.36. The fourth-order valence-corrected chi connectivity index (χ4v) is 3.14. The summed E-state index contributed by atoms with van der Waals surface area (Å²) >= 11 is 0. The number of hydrogen-bond acceptors (Lipinski definition) is 5. The third kappa shape index (κ3) is 5.09. The molecule has 0 radical (unpaired) electrons. The molecule has 2 aromatic rings. The minimum Gasteiger partial charge on any atom is -0.477 e. The second kappa shape index (κ2) is 9.17. The molecule has 0 saturated carbocycles. The summed E-state index contributed by atoms with van der Waals surface area (Å²) in [4.78, 5) is 16.5. The van der Waals surface area contributed by atoms with Crippen LogP contribution in [-0.2, 0) is 19.1 Å². The van der Waals surface area contributed by atoms with Gasteiger partial charge < -0.3 is 19.4 Å². The van der Waals surface area contributed by atoms with Gasteiger partial charge >= 0.3 is 5.97 Å². The molecule has 6 heteroatoms. The van der Waals surface area contributed by atoms with Gasteiger partial charge in [-0.1, -0.05) is 41.6 Å². The highest BCUT2D eigenvalue weighted by Gasteiger charge is 2.40. The Labute approximate surface area is 165 Å². The first-order chi connectivity index (χ1) is 13.5. The van der Waals surface area contributed by atoms with E-state index < -0.39 is 11.8 Å². The molecule has 1 N–H and O–H groups in total. The highest BCUT2D eigenvalue weighted by Crippen LogP contribution is 2.24. The minimum absolute atomic E-state index is 0.218. The number of fused-ring (bicyclic) bond motifs is 1. The zero-order valence-electron chi connectivity index (χ0n) is 16.4. The molecule has 28 heavy (non-hydrogen) atoms. The highest BCUT2D eigenvalue weighted by molar-refractivity contribution is 6.01. The van der Waals surface area contributed by atoms with Crippen LogP contribution in [0.2, 0.25) is 0 Å². The van der Waals surface area contributed by atoms with Crippen LogP contribution in [0.1, 0.15) is 38.7 Å². The second-order valence-corrected chi connectivity index (χ2v) is 7.31. The van der Waals surface area contributed by atoms with Crippen LogP contribution < -0.4 is 0 Å². The van der Waals surface area contributed by atoms with E-state index in [9.17, 15) is 4.79 Å². The molecule has 3 rings (SSSR count). The number of unbranched alkanes of at least 4 members (excludes halogenated alkanes) is 1. The topological polar surface area (TPSA) is 77.4 Å². The number of carbonyl (C=O) groups is 1. The average Bonchev–Trinajstić information content (AvgIpc) is 2.71. The van der Waals surface area contributed by atoms with Crippen molar-refractivity contribution in [2.45, 2.75) is 38.9 Å². The van der Waals surface area contributed by atoms with Gasteiger partial charge in [-0.25, -0.2) is 4.79 Å². The molecule has 0 aliphatic carbocycles. The van der Waals surface area contributed by atoms with Gasteiger partial charge in [0.05, 0.1) is 18.9 Å². The zero-order chi connectivity index (χ0) is 20.0. The van der Waals surface area contributed by atoms with Gasteiger partial charge in [-0.15, -0.1) is 0 Å². The van der Waals surface area contributed by atoms with Crippen LogP contribution in [0, 0.1) is 5.92 Å². The van der Waals surface area contributed by atoms with Crippen LogP contribution >= 0.6 is 0 Å². The largest absolute Gasteiger partial charge is 0.477 e. The first kappa shape index (κ1) is 20.3. The summed E-state index contributed by atoms with van der Waals surface area (Å²) in [6.07, 6.45) is 2.74. The van der Waals surface area contributed by atoms with E-state index in [1.54, 1.807) is 0 Å². The minimum atomic E-state index is -1.51. The third-order valence-electron chi connectivity index (χ3n) is 5.04. The first-order valence-corrected chi connectivity index (χ1v) is 9.65. The maximum absolute atomic E-state index is 11.1. The molecule has 0 unspecified atom stereocenters. The van der Waals surface area contributed by atoms with Crippen molar-refractivity contribution in [2.24, 2.45) is 11.1 Å². The van der Waals surface area contributed by atoms with E-state index in [0.29, 0.717) is 19.8 Å². The van der Waals surface area contributed by atoms with E-state index in [-0.39, 0.29) is 5.92 Å². The molecule has 0 spiro atoms. The molecule has 2 aromatic carbocycles. The molecule has 1 heterocycles. The molecular formula is C22H27NO5. The number of nitrogens with zero attached hydrogens (tertiary/aromatic N) is 1. The van der Waals surface area contributed by atoms with Gasteiger partial charge in [0.2, 0.25) is 0 Å². The van der Waals surface area contributed by atoms with Crippen LogP contribution in [0.25, 0.3) is 10.8 Å². The van der Waals surface area contributed by atoms with Gasteiger partial charge in [0.1, 0.15) is 6.61 Å². The molecule has 1 saturated heterocycles. The van der Waals surface area contributed by atoms with Crippen molar-refractivity contribution >= 4 is 22.5 Å². The molecule has 0 amide bonds. The molecule has 1 fully saturated rings. The lowest BCUT2D eigenvalue weighted by Gasteiger charge is -2.34. The van der Waals surface area contributed by atoms with Crippen molar-refractivity contribution in [3.63, 3.8) is 0 Å². The fraction of sp³-hybridized carbons (Fsp3) is 0.455. The Morgan fingerprint density at radius 2 is 1.89 bits per heavy atom. The number of hydrogen-bond donors (Lipinski definition) is 1. The van der Waals surface area contributed by atoms with Crippen LogP contribution in [-0.4, -0.2) is 42.4 Å². The van der Waals surface area contributed by atoms with Crippen LogP contribution in [0.4, 0.5) is 0 Å². The normalized spacial score (nSPS) is 22.9. The molecule has 0 atom stereocenters. The van der Waals surface area contributed by atoms with E-state index in [1.807, 2.05) is 19.1 Å².